The SMILES string of the molecule is CC[C@@H]1CN(CC)CCC[C@H]1O. The normalized spacial score (nSPS) is 33.2. The number of aliphatic hydroxyl groups is 1. The van der Waals surface area contributed by atoms with E-state index in [1.807, 2.05) is 0 Å². The van der Waals surface area contributed by atoms with Crippen LogP contribution in [0.5, 0.6) is 0 Å². The van der Waals surface area contributed by atoms with Crippen LogP contribution in [0.4, 0.5) is 0 Å². The Labute approximate surface area is 75.6 Å². The minimum Gasteiger partial charge on any atom is -0.393 e. The van der Waals surface area contributed by atoms with Crippen LogP contribution in [0.15, 0.2) is 0 Å². The maximum atomic E-state index is 9.74. The average molecular weight is 171 g/mol. The van der Waals surface area contributed by atoms with Crippen LogP contribution in [0.1, 0.15) is 33.1 Å². The molecule has 0 amide bonds. The lowest BCUT2D eigenvalue weighted by molar-refractivity contribution is 0.0926. The molecule has 2 atom stereocenters. The van der Waals surface area contributed by atoms with Crippen molar-refractivity contribution in [2.24, 2.45) is 5.92 Å². The molecule has 0 aromatic rings. The number of hydrogen-bond acceptors (Lipinski definition) is 2. The zero-order valence-electron chi connectivity index (χ0n) is 8.29. The fraction of sp³-hybridized carbons (Fsp3) is 1.00. The Kier molecular flexibility index (Phi) is 4.02. The summed E-state index contributed by atoms with van der Waals surface area (Å²) >= 11 is 0. The highest BCUT2D eigenvalue weighted by Gasteiger charge is 2.22. The van der Waals surface area contributed by atoms with Gasteiger partial charge in [-0.25, -0.2) is 0 Å². The Morgan fingerprint density at radius 3 is 2.75 bits per heavy atom. The van der Waals surface area contributed by atoms with Gasteiger partial charge < -0.3 is 10.0 Å². The van der Waals surface area contributed by atoms with E-state index in [4.69, 9.17) is 0 Å². The van der Waals surface area contributed by atoms with Gasteiger partial charge in [0.15, 0.2) is 0 Å². The Morgan fingerprint density at radius 1 is 1.42 bits per heavy atom. The molecule has 1 aliphatic heterocycles. The van der Waals surface area contributed by atoms with Crippen LogP contribution < -0.4 is 0 Å². The van der Waals surface area contributed by atoms with Gasteiger partial charge >= 0.3 is 0 Å². The summed E-state index contributed by atoms with van der Waals surface area (Å²) in [4.78, 5) is 2.45. The molecule has 0 spiro atoms. The zero-order valence-corrected chi connectivity index (χ0v) is 8.29. The summed E-state index contributed by atoms with van der Waals surface area (Å²) in [6.07, 6.45) is 3.21. The van der Waals surface area contributed by atoms with Crippen LogP contribution in [0.3, 0.4) is 0 Å². The van der Waals surface area contributed by atoms with Gasteiger partial charge in [0.25, 0.3) is 0 Å². The lowest BCUT2D eigenvalue weighted by atomic mass is 9.97. The van der Waals surface area contributed by atoms with Gasteiger partial charge in [0.05, 0.1) is 6.10 Å². The average Bonchev–Trinajstić information content (AvgIpc) is 2.27. The van der Waals surface area contributed by atoms with Crippen LogP contribution in [-0.4, -0.2) is 35.7 Å². The minimum atomic E-state index is -0.0495. The van der Waals surface area contributed by atoms with E-state index in [9.17, 15) is 5.11 Å². The molecule has 0 aliphatic carbocycles. The first kappa shape index (κ1) is 10.0. The van der Waals surface area contributed by atoms with Crippen molar-refractivity contribution in [1.82, 2.24) is 4.90 Å². The summed E-state index contributed by atoms with van der Waals surface area (Å²) in [6, 6.07) is 0. The van der Waals surface area contributed by atoms with E-state index in [1.165, 1.54) is 6.54 Å². The highest BCUT2D eigenvalue weighted by molar-refractivity contribution is 4.76. The van der Waals surface area contributed by atoms with Crippen molar-refractivity contribution < 1.29 is 5.11 Å². The smallest absolute Gasteiger partial charge is 0.0581 e. The van der Waals surface area contributed by atoms with Crippen LogP contribution >= 0.6 is 0 Å². The van der Waals surface area contributed by atoms with Gasteiger partial charge in [-0.3, -0.25) is 0 Å². The molecular formula is C10H21NO. The molecule has 0 aromatic carbocycles. The summed E-state index contributed by atoms with van der Waals surface area (Å²) in [6.45, 7) is 7.76. The quantitative estimate of drug-likeness (QED) is 0.680. The van der Waals surface area contributed by atoms with Gasteiger partial charge in [-0.2, -0.15) is 0 Å². The first-order valence-corrected chi connectivity index (χ1v) is 5.18. The molecule has 1 N–H and O–H groups in total. The van der Waals surface area contributed by atoms with E-state index >= 15 is 0 Å². The maximum Gasteiger partial charge on any atom is 0.0581 e. The van der Waals surface area contributed by atoms with Gasteiger partial charge in [0.2, 0.25) is 0 Å². The van der Waals surface area contributed by atoms with E-state index in [1.54, 1.807) is 0 Å². The van der Waals surface area contributed by atoms with Gasteiger partial charge in [0, 0.05) is 6.54 Å². The summed E-state index contributed by atoms with van der Waals surface area (Å²) in [7, 11) is 0. The van der Waals surface area contributed by atoms with Gasteiger partial charge in [0.1, 0.15) is 0 Å². The van der Waals surface area contributed by atoms with Crippen molar-refractivity contribution in [3.05, 3.63) is 0 Å². The molecule has 0 radical (unpaired) electrons. The number of hydrogen-bond donors (Lipinski definition) is 1. The van der Waals surface area contributed by atoms with E-state index in [0.29, 0.717) is 5.92 Å². The highest BCUT2D eigenvalue weighted by Crippen LogP contribution is 2.19. The summed E-state index contributed by atoms with van der Waals surface area (Å²) in [5.74, 6) is 0.507. The number of aliphatic hydroxyl groups excluding tert-OH is 1. The van der Waals surface area contributed by atoms with E-state index < -0.39 is 0 Å². The molecule has 1 rings (SSSR count). The van der Waals surface area contributed by atoms with Crippen LogP contribution in [-0.2, 0) is 0 Å². The molecule has 0 unspecified atom stereocenters. The summed E-state index contributed by atoms with van der Waals surface area (Å²) in [5, 5.41) is 9.74. The van der Waals surface area contributed by atoms with Crippen molar-refractivity contribution in [3.8, 4) is 0 Å². The Hall–Kier alpha value is -0.0800. The predicted octanol–water partition coefficient (Wildman–Crippen LogP) is 1.49. The van der Waals surface area contributed by atoms with Crippen LogP contribution in [0, 0.1) is 5.92 Å². The largest absolute Gasteiger partial charge is 0.393 e. The molecule has 72 valence electrons. The standard InChI is InChI=1S/C10H21NO/c1-3-9-8-11(4-2)7-5-6-10(9)12/h9-10,12H,3-8H2,1-2H3/t9-,10-/m1/s1. The van der Waals surface area contributed by atoms with E-state index in [2.05, 4.69) is 18.7 Å². The topological polar surface area (TPSA) is 23.5 Å². The van der Waals surface area contributed by atoms with E-state index in [0.717, 1.165) is 32.4 Å². The molecule has 0 saturated carbocycles. The lowest BCUT2D eigenvalue weighted by Crippen LogP contribution is -2.31. The second-order valence-corrected chi connectivity index (χ2v) is 3.77. The van der Waals surface area contributed by atoms with E-state index in [-0.39, 0.29) is 6.10 Å². The van der Waals surface area contributed by atoms with Crippen molar-refractivity contribution in [2.45, 2.75) is 39.2 Å². The third-order valence-corrected chi connectivity index (χ3v) is 2.98. The Bertz CT molecular complexity index is 127. The Balaban J connectivity index is 2.46. The third kappa shape index (κ3) is 2.46. The van der Waals surface area contributed by atoms with Crippen molar-refractivity contribution >= 4 is 0 Å². The van der Waals surface area contributed by atoms with Gasteiger partial charge in [-0.1, -0.05) is 13.8 Å². The third-order valence-electron chi connectivity index (χ3n) is 2.98. The first-order valence-electron chi connectivity index (χ1n) is 5.18. The summed E-state index contributed by atoms with van der Waals surface area (Å²) < 4.78 is 0. The predicted molar refractivity (Wildman–Crippen MR) is 51.1 cm³/mol. The molecule has 2 nitrogen and oxygen atoms in total. The number of likely N-dealkylation sites (tertiary alicyclic amines) is 1. The Morgan fingerprint density at radius 2 is 2.17 bits per heavy atom. The van der Waals surface area contributed by atoms with Crippen molar-refractivity contribution in [3.63, 3.8) is 0 Å². The lowest BCUT2D eigenvalue weighted by Gasteiger charge is -2.23. The molecule has 0 aromatic heterocycles. The van der Waals surface area contributed by atoms with Crippen molar-refractivity contribution in [1.29, 1.82) is 0 Å². The molecule has 1 aliphatic rings. The first-order chi connectivity index (χ1) is 5.77. The number of nitrogens with zero attached hydrogens (tertiary/aromatic N) is 1. The van der Waals surface area contributed by atoms with Crippen LogP contribution in [0.25, 0.3) is 0 Å². The molecular weight excluding hydrogens is 150 g/mol. The highest BCUT2D eigenvalue weighted by atomic mass is 16.3. The molecule has 1 heterocycles. The molecule has 0 bridgehead atoms. The maximum absolute atomic E-state index is 9.74. The van der Waals surface area contributed by atoms with Crippen molar-refractivity contribution in [2.75, 3.05) is 19.6 Å². The molecule has 1 saturated heterocycles. The molecule has 2 heteroatoms. The molecule has 12 heavy (non-hydrogen) atoms. The summed E-state index contributed by atoms with van der Waals surface area (Å²) in [5.41, 5.74) is 0. The van der Waals surface area contributed by atoms with Gasteiger partial charge in [-0.15, -0.1) is 0 Å². The van der Waals surface area contributed by atoms with Crippen LogP contribution in [0.2, 0.25) is 0 Å². The number of rotatable bonds is 2. The zero-order chi connectivity index (χ0) is 8.97. The second-order valence-electron chi connectivity index (χ2n) is 3.77. The fourth-order valence-electron chi connectivity index (χ4n) is 1.99. The minimum absolute atomic E-state index is 0.0495. The van der Waals surface area contributed by atoms with Gasteiger partial charge in [-0.05, 0) is 38.3 Å². The monoisotopic (exact) mass is 171 g/mol. The molecule has 1 fully saturated rings. The second kappa shape index (κ2) is 4.83. The fourth-order valence-corrected chi connectivity index (χ4v) is 1.99.